The van der Waals surface area contributed by atoms with Crippen LogP contribution in [0, 0.1) is 5.92 Å². The number of benzene rings is 1. The van der Waals surface area contributed by atoms with Crippen LogP contribution in [0.1, 0.15) is 65.4 Å². The van der Waals surface area contributed by atoms with Crippen molar-refractivity contribution in [2.45, 2.75) is 77.1 Å². The third kappa shape index (κ3) is 8.26. The number of nitrogens with one attached hydrogen (secondary N) is 3. The first kappa shape index (κ1) is 26.4. The highest BCUT2D eigenvalue weighted by molar-refractivity contribution is 7.90. The first-order chi connectivity index (χ1) is 15.0. The van der Waals surface area contributed by atoms with Gasteiger partial charge in [-0.3, -0.25) is 4.79 Å². The van der Waals surface area contributed by atoms with Gasteiger partial charge in [0, 0.05) is 31.1 Å². The molecule has 1 aromatic carbocycles. The van der Waals surface area contributed by atoms with Crippen molar-refractivity contribution in [3.63, 3.8) is 0 Å². The average Bonchev–Trinajstić information content (AvgIpc) is 2.69. The lowest BCUT2D eigenvalue weighted by atomic mass is 9.86. The van der Waals surface area contributed by atoms with E-state index in [1.54, 1.807) is 32.9 Å². The Balaban J connectivity index is 1.62. The molecule has 0 saturated heterocycles. The summed E-state index contributed by atoms with van der Waals surface area (Å²) in [4.78, 5) is 12.4. The summed E-state index contributed by atoms with van der Waals surface area (Å²) in [5.74, 6) is 0.831. The number of ether oxygens (including phenoxy) is 1. The number of phenolic OH excluding ortho intramolecular Hbond substituents is 1. The minimum absolute atomic E-state index is 0.0523. The smallest absolute Gasteiger partial charge is 0.223 e. The van der Waals surface area contributed by atoms with Gasteiger partial charge in [0.15, 0.2) is 0 Å². The van der Waals surface area contributed by atoms with Crippen molar-refractivity contribution in [2.75, 3.05) is 19.7 Å². The van der Waals surface area contributed by atoms with Crippen LogP contribution in [0.5, 0.6) is 11.5 Å². The summed E-state index contributed by atoms with van der Waals surface area (Å²) in [6, 6.07) is 5.11. The van der Waals surface area contributed by atoms with Crippen molar-refractivity contribution >= 4 is 15.9 Å². The van der Waals surface area contributed by atoms with E-state index in [0.717, 1.165) is 18.5 Å². The SMILES string of the molecule is CCOc1cc(O)cc(CNCCCNC(=O)C2CCC(NS(=O)(=O)C(C)(C)C)CC2)c1. The third-order valence-corrected chi connectivity index (χ3v) is 7.90. The molecule has 0 radical (unpaired) electrons. The van der Waals surface area contributed by atoms with Crippen LogP contribution in [0.3, 0.4) is 0 Å². The molecule has 4 N–H and O–H groups in total. The van der Waals surface area contributed by atoms with Gasteiger partial charge in [0.05, 0.1) is 11.4 Å². The van der Waals surface area contributed by atoms with Crippen molar-refractivity contribution in [3.8, 4) is 11.5 Å². The molecule has 1 aromatic rings. The number of amides is 1. The lowest BCUT2D eigenvalue weighted by molar-refractivity contribution is -0.126. The van der Waals surface area contributed by atoms with E-state index in [0.29, 0.717) is 51.1 Å². The maximum absolute atomic E-state index is 12.4. The molecule has 0 aromatic heterocycles. The summed E-state index contributed by atoms with van der Waals surface area (Å²) in [6.07, 6.45) is 3.55. The molecule has 2 rings (SSSR count). The fourth-order valence-electron chi connectivity index (χ4n) is 3.67. The van der Waals surface area contributed by atoms with Gasteiger partial charge >= 0.3 is 0 Å². The molecule has 1 saturated carbocycles. The minimum Gasteiger partial charge on any atom is -0.508 e. The maximum atomic E-state index is 12.4. The monoisotopic (exact) mass is 469 g/mol. The Hall–Kier alpha value is -1.84. The molecule has 1 aliphatic carbocycles. The summed E-state index contributed by atoms with van der Waals surface area (Å²) in [5, 5.41) is 16.1. The number of carbonyl (C=O) groups excluding carboxylic acids is 1. The zero-order valence-electron chi connectivity index (χ0n) is 19.7. The van der Waals surface area contributed by atoms with Crippen LogP contribution >= 0.6 is 0 Å². The van der Waals surface area contributed by atoms with E-state index in [1.807, 2.05) is 13.0 Å². The van der Waals surface area contributed by atoms with E-state index in [9.17, 15) is 18.3 Å². The van der Waals surface area contributed by atoms with Crippen molar-refractivity contribution in [3.05, 3.63) is 23.8 Å². The third-order valence-electron chi connectivity index (χ3n) is 5.65. The fraction of sp³-hybridized carbons (Fsp3) is 0.696. The second-order valence-corrected chi connectivity index (χ2v) is 11.8. The predicted octanol–water partition coefficient (Wildman–Crippen LogP) is 2.66. The molecule has 32 heavy (non-hydrogen) atoms. The lowest BCUT2D eigenvalue weighted by Gasteiger charge is -2.30. The summed E-state index contributed by atoms with van der Waals surface area (Å²) < 4.78 is 32.0. The van der Waals surface area contributed by atoms with Crippen molar-refractivity contribution < 1.29 is 23.1 Å². The summed E-state index contributed by atoms with van der Waals surface area (Å²) in [6.45, 7) is 9.44. The summed E-state index contributed by atoms with van der Waals surface area (Å²) in [5.41, 5.74) is 0.941. The first-order valence-electron chi connectivity index (χ1n) is 11.5. The first-order valence-corrected chi connectivity index (χ1v) is 13.0. The molecule has 0 spiro atoms. The second kappa shape index (κ2) is 11.9. The van der Waals surface area contributed by atoms with Gasteiger partial charge in [-0.1, -0.05) is 0 Å². The van der Waals surface area contributed by atoms with Crippen LogP contribution in [-0.2, 0) is 21.4 Å². The van der Waals surface area contributed by atoms with Crippen molar-refractivity contribution in [1.82, 2.24) is 15.4 Å². The molecule has 1 amide bonds. The van der Waals surface area contributed by atoms with E-state index in [1.165, 1.54) is 0 Å². The molecular weight excluding hydrogens is 430 g/mol. The number of hydrogen-bond donors (Lipinski definition) is 4. The van der Waals surface area contributed by atoms with Gasteiger partial charge in [0.1, 0.15) is 11.5 Å². The quantitative estimate of drug-likeness (QED) is 0.370. The van der Waals surface area contributed by atoms with E-state index in [2.05, 4.69) is 15.4 Å². The number of carbonyl (C=O) groups is 1. The minimum atomic E-state index is -3.36. The summed E-state index contributed by atoms with van der Waals surface area (Å²) >= 11 is 0. The standard InChI is InChI=1S/C23H39N3O5S/c1-5-31-21-14-17(13-20(27)15-21)16-24-11-6-12-25-22(28)18-7-9-19(10-8-18)26-32(29,30)23(2,3)4/h13-15,18-19,24,26-27H,5-12,16H2,1-4H3,(H,25,28). The maximum Gasteiger partial charge on any atom is 0.223 e. The van der Waals surface area contributed by atoms with E-state index >= 15 is 0 Å². The zero-order valence-corrected chi connectivity index (χ0v) is 20.6. The van der Waals surface area contributed by atoms with Crippen LogP contribution in [0.2, 0.25) is 0 Å². The molecular formula is C23H39N3O5S. The molecule has 0 atom stereocenters. The molecule has 9 heteroatoms. The Labute approximate surface area is 192 Å². The second-order valence-electron chi connectivity index (χ2n) is 9.37. The fourth-order valence-corrected chi connectivity index (χ4v) is 4.70. The van der Waals surface area contributed by atoms with Crippen LogP contribution in [0.4, 0.5) is 0 Å². The van der Waals surface area contributed by atoms with Gasteiger partial charge in [0.25, 0.3) is 0 Å². The van der Waals surface area contributed by atoms with Crippen molar-refractivity contribution in [2.24, 2.45) is 5.92 Å². The van der Waals surface area contributed by atoms with Gasteiger partial charge in [-0.2, -0.15) is 0 Å². The Morgan fingerprint density at radius 3 is 2.44 bits per heavy atom. The average molecular weight is 470 g/mol. The van der Waals surface area contributed by atoms with E-state index in [-0.39, 0.29) is 23.6 Å². The molecule has 182 valence electrons. The van der Waals surface area contributed by atoms with Gasteiger partial charge < -0.3 is 20.5 Å². The molecule has 8 nitrogen and oxygen atoms in total. The highest BCUT2D eigenvalue weighted by atomic mass is 32.2. The normalized spacial score (nSPS) is 19.5. The Morgan fingerprint density at radius 2 is 1.81 bits per heavy atom. The lowest BCUT2D eigenvalue weighted by Crippen LogP contribution is -2.46. The molecule has 1 aliphatic rings. The number of rotatable bonds is 11. The van der Waals surface area contributed by atoms with Crippen LogP contribution in [-0.4, -0.2) is 49.9 Å². The Kier molecular flexibility index (Phi) is 9.79. The molecule has 0 bridgehead atoms. The highest BCUT2D eigenvalue weighted by Gasteiger charge is 2.33. The van der Waals surface area contributed by atoms with Crippen LogP contribution < -0.4 is 20.1 Å². The Morgan fingerprint density at radius 1 is 1.12 bits per heavy atom. The Bertz CT molecular complexity index is 844. The van der Waals surface area contributed by atoms with Crippen LogP contribution in [0.25, 0.3) is 0 Å². The summed E-state index contributed by atoms with van der Waals surface area (Å²) in [7, 11) is -3.36. The molecule has 0 heterocycles. The van der Waals surface area contributed by atoms with E-state index in [4.69, 9.17) is 4.74 Å². The van der Waals surface area contributed by atoms with Gasteiger partial charge in [-0.05, 0) is 84.0 Å². The number of phenols is 1. The van der Waals surface area contributed by atoms with Crippen LogP contribution in [0.15, 0.2) is 18.2 Å². The number of aromatic hydroxyl groups is 1. The van der Waals surface area contributed by atoms with Gasteiger partial charge in [0.2, 0.25) is 15.9 Å². The molecule has 0 aliphatic heterocycles. The zero-order chi connectivity index (χ0) is 23.8. The topological polar surface area (TPSA) is 117 Å². The highest BCUT2D eigenvalue weighted by Crippen LogP contribution is 2.26. The number of hydrogen-bond acceptors (Lipinski definition) is 6. The van der Waals surface area contributed by atoms with Gasteiger partial charge in [-0.25, -0.2) is 13.1 Å². The largest absolute Gasteiger partial charge is 0.508 e. The predicted molar refractivity (Wildman–Crippen MR) is 126 cm³/mol. The molecule has 0 unspecified atom stereocenters. The number of sulfonamides is 1. The van der Waals surface area contributed by atoms with E-state index < -0.39 is 14.8 Å². The van der Waals surface area contributed by atoms with Gasteiger partial charge in [-0.15, -0.1) is 0 Å². The van der Waals surface area contributed by atoms with Crippen molar-refractivity contribution in [1.29, 1.82) is 0 Å². The molecule has 1 fully saturated rings.